The van der Waals surface area contributed by atoms with Crippen molar-refractivity contribution in [3.8, 4) is 0 Å². The predicted molar refractivity (Wildman–Crippen MR) is 148 cm³/mol. The fourth-order valence-corrected chi connectivity index (χ4v) is 4.35. The quantitative estimate of drug-likeness (QED) is 0.279. The molecule has 1 unspecified atom stereocenters. The Morgan fingerprint density at radius 2 is 1.68 bits per heavy atom. The highest BCUT2D eigenvalue weighted by Gasteiger charge is 2.41. The number of carbonyl (C=O) groups excluding carboxylic acids is 5. The predicted octanol–water partition coefficient (Wildman–Crippen LogP) is 0.749. The molecule has 1 fully saturated rings. The maximum atomic E-state index is 13.5. The van der Waals surface area contributed by atoms with Gasteiger partial charge in [-0.15, -0.1) is 0 Å². The monoisotopic (exact) mass is 561 g/mol. The molecule has 12 nitrogen and oxygen atoms in total. The van der Waals surface area contributed by atoms with E-state index in [1.807, 2.05) is 20.8 Å². The van der Waals surface area contributed by atoms with Gasteiger partial charge in [-0.3, -0.25) is 19.2 Å². The molecule has 40 heavy (non-hydrogen) atoms. The average molecular weight is 562 g/mol. The molecule has 222 valence electrons. The lowest BCUT2D eigenvalue weighted by molar-refractivity contribution is -0.147. The van der Waals surface area contributed by atoms with Crippen LogP contribution < -0.4 is 21.7 Å². The number of hydrogen-bond acceptors (Lipinski definition) is 7. The van der Waals surface area contributed by atoms with Gasteiger partial charge in [-0.2, -0.15) is 0 Å². The van der Waals surface area contributed by atoms with Gasteiger partial charge in [0.15, 0.2) is 6.10 Å². The van der Waals surface area contributed by atoms with Gasteiger partial charge >= 0.3 is 6.09 Å². The number of alkyl carbamates (subject to hydrolysis) is 1. The summed E-state index contributed by atoms with van der Waals surface area (Å²) in [5.74, 6) is -2.71. The second-order valence-corrected chi connectivity index (χ2v) is 12.0. The number of carbonyl (C=O) groups is 5. The third kappa shape index (κ3) is 10.5. The summed E-state index contributed by atoms with van der Waals surface area (Å²) in [6, 6.07) is 5.57. The van der Waals surface area contributed by atoms with E-state index in [1.165, 1.54) is 4.90 Å². The van der Waals surface area contributed by atoms with E-state index in [1.54, 1.807) is 51.1 Å². The van der Waals surface area contributed by atoms with Crippen molar-refractivity contribution in [3.05, 3.63) is 35.9 Å². The van der Waals surface area contributed by atoms with Crippen LogP contribution in [0.2, 0.25) is 0 Å². The highest BCUT2D eigenvalue weighted by Crippen LogP contribution is 2.21. The molecule has 0 aromatic heterocycles. The van der Waals surface area contributed by atoms with E-state index in [0.29, 0.717) is 12.8 Å². The first kappa shape index (κ1) is 32.5. The number of nitrogens with zero attached hydrogens (tertiary/aromatic N) is 1. The van der Waals surface area contributed by atoms with Gasteiger partial charge in [0.05, 0.1) is 12.5 Å². The molecule has 1 aromatic carbocycles. The summed E-state index contributed by atoms with van der Waals surface area (Å²) in [6.07, 6.45) is -2.11. The molecule has 0 bridgehead atoms. The minimum Gasteiger partial charge on any atom is -0.444 e. The van der Waals surface area contributed by atoms with Gasteiger partial charge in [-0.25, -0.2) is 4.79 Å². The molecule has 1 saturated heterocycles. The lowest BCUT2D eigenvalue weighted by Crippen LogP contribution is -2.59. The number of likely N-dealkylation sites (tertiary alicyclic amines) is 1. The molecule has 1 aliphatic heterocycles. The number of nitrogens with two attached hydrogens (primary N) is 1. The third-order valence-corrected chi connectivity index (χ3v) is 6.01. The Balaban J connectivity index is 2.28. The number of ether oxygens (including phenoxy) is 1. The lowest BCUT2D eigenvalue weighted by atomic mass is 9.99. The van der Waals surface area contributed by atoms with Crippen LogP contribution in [0.25, 0.3) is 0 Å². The van der Waals surface area contributed by atoms with E-state index in [9.17, 15) is 29.1 Å². The molecule has 1 aromatic rings. The third-order valence-electron chi connectivity index (χ3n) is 6.01. The van der Waals surface area contributed by atoms with Crippen LogP contribution in [-0.4, -0.2) is 81.6 Å². The zero-order chi connectivity index (χ0) is 30.3. The zero-order valence-electron chi connectivity index (χ0n) is 24.2. The normalized spacial score (nSPS) is 17.8. The van der Waals surface area contributed by atoms with E-state index in [2.05, 4.69) is 16.0 Å². The van der Waals surface area contributed by atoms with Gasteiger partial charge in [0, 0.05) is 12.1 Å². The standard InChI is InChI=1S/C28H43N5O7/c1-27(2,3)32-24(37)20-13-10-14-33(20)25(38)22(35)18(15-17-11-8-7-9-12-17)30-23(36)19(16-21(29)34)31-26(39)40-28(4,5)6/h7-9,11-12,18-20,22,35H,10,13-16H2,1-6H3,(H2,29,34)(H,30,36)(H,31,39)(H,32,37)/t18-,19-,20?,22-/m0/s1. The first-order valence-corrected chi connectivity index (χ1v) is 13.4. The van der Waals surface area contributed by atoms with Crippen molar-refractivity contribution < 1.29 is 33.8 Å². The van der Waals surface area contributed by atoms with Crippen molar-refractivity contribution in [1.82, 2.24) is 20.9 Å². The molecule has 4 atom stereocenters. The maximum absolute atomic E-state index is 13.5. The van der Waals surface area contributed by atoms with Crippen molar-refractivity contribution in [1.29, 1.82) is 0 Å². The molecule has 6 N–H and O–H groups in total. The Morgan fingerprint density at radius 1 is 1.05 bits per heavy atom. The summed E-state index contributed by atoms with van der Waals surface area (Å²) in [6.45, 7) is 10.7. The van der Waals surface area contributed by atoms with Crippen molar-refractivity contribution in [2.75, 3.05) is 6.54 Å². The fourth-order valence-electron chi connectivity index (χ4n) is 4.35. The Kier molecular flexibility index (Phi) is 11.1. The Labute approximate surface area is 235 Å². The van der Waals surface area contributed by atoms with Crippen LogP contribution in [0.15, 0.2) is 30.3 Å². The molecule has 0 saturated carbocycles. The summed E-state index contributed by atoms with van der Waals surface area (Å²) >= 11 is 0. The number of rotatable bonds is 10. The van der Waals surface area contributed by atoms with Gasteiger partial charge in [0.25, 0.3) is 5.91 Å². The summed E-state index contributed by atoms with van der Waals surface area (Å²) in [4.78, 5) is 65.0. The first-order chi connectivity index (χ1) is 18.5. The van der Waals surface area contributed by atoms with E-state index in [-0.39, 0.29) is 18.9 Å². The molecular formula is C28H43N5O7. The fraction of sp³-hybridized carbons (Fsp3) is 0.607. The summed E-state index contributed by atoms with van der Waals surface area (Å²) in [7, 11) is 0. The molecule has 0 aliphatic carbocycles. The minimum atomic E-state index is -1.72. The van der Waals surface area contributed by atoms with Crippen LogP contribution in [-0.2, 0) is 30.3 Å². The van der Waals surface area contributed by atoms with Crippen LogP contribution in [0.1, 0.15) is 66.4 Å². The van der Waals surface area contributed by atoms with E-state index in [0.717, 1.165) is 5.56 Å². The molecule has 0 radical (unpaired) electrons. The van der Waals surface area contributed by atoms with Crippen molar-refractivity contribution in [2.45, 2.75) is 103 Å². The summed E-state index contributed by atoms with van der Waals surface area (Å²) < 4.78 is 5.19. The van der Waals surface area contributed by atoms with E-state index >= 15 is 0 Å². The number of primary amides is 1. The molecule has 1 aliphatic rings. The van der Waals surface area contributed by atoms with Crippen LogP contribution in [0, 0.1) is 0 Å². The number of aliphatic hydroxyl groups excluding tert-OH is 1. The molecular weight excluding hydrogens is 518 g/mol. The van der Waals surface area contributed by atoms with Gasteiger partial charge in [-0.05, 0) is 66.4 Å². The second-order valence-electron chi connectivity index (χ2n) is 12.0. The highest BCUT2D eigenvalue weighted by atomic mass is 16.6. The van der Waals surface area contributed by atoms with Crippen LogP contribution in [0.4, 0.5) is 4.79 Å². The van der Waals surface area contributed by atoms with Gasteiger partial charge < -0.3 is 36.4 Å². The Bertz CT molecular complexity index is 1070. The summed E-state index contributed by atoms with van der Waals surface area (Å²) in [5, 5.41) is 19.1. The smallest absolute Gasteiger partial charge is 0.408 e. The van der Waals surface area contributed by atoms with Crippen molar-refractivity contribution in [3.63, 3.8) is 0 Å². The zero-order valence-corrected chi connectivity index (χ0v) is 24.2. The largest absolute Gasteiger partial charge is 0.444 e. The van der Waals surface area contributed by atoms with Crippen molar-refractivity contribution >= 4 is 29.7 Å². The number of benzene rings is 1. The molecule has 0 spiro atoms. The van der Waals surface area contributed by atoms with E-state index < -0.39 is 65.6 Å². The highest BCUT2D eigenvalue weighted by molar-refractivity contribution is 5.93. The maximum Gasteiger partial charge on any atom is 0.408 e. The van der Waals surface area contributed by atoms with Crippen molar-refractivity contribution in [2.24, 2.45) is 5.73 Å². The van der Waals surface area contributed by atoms with Gasteiger partial charge in [0.1, 0.15) is 17.7 Å². The van der Waals surface area contributed by atoms with Gasteiger partial charge in [-0.1, -0.05) is 30.3 Å². The molecule has 2 rings (SSSR count). The molecule has 5 amide bonds. The molecule has 1 heterocycles. The minimum absolute atomic E-state index is 0.0575. The second kappa shape index (κ2) is 13.6. The average Bonchev–Trinajstić information content (AvgIpc) is 3.30. The number of aliphatic hydroxyl groups is 1. The number of nitrogens with one attached hydrogen (secondary N) is 3. The summed E-state index contributed by atoms with van der Waals surface area (Å²) in [5.41, 5.74) is 4.66. The lowest BCUT2D eigenvalue weighted by Gasteiger charge is -2.32. The number of hydrogen-bond donors (Lipinski definition) is 5. The molecule has 12 heteroatoms. The topological polar surface area (TPSA) is 180 Å². The Hall–Kier alpha value is -3.67. The van der Waals surface area contributed by atoms with E-state index in [4.69, 9.17) is 10.5 Å². The van der Waals surface area contributed by atoms with Crippen LogP contribution in [0.3, 0.4) is 0 Å². The Morgan fingerprint density at radius 3 is 2.23 bits per heavy atom. The van der Waals surface area contributed by atoms with Gasteiger partial charge in [0.2, 0.25) is 17.7 Å². The number of amides is 5. The SMILES string of the molecule is CC(C)(C)NC(=O)C1CCCN1C(=O)[C@@H](O)[C@H](Cc1ccccc1)NC(=O)[C@H](CC(N)=O)NC(=O)OC(C)(C)C. The van der Waals surface area contributed by atoms with Crippen LogP contribution >= 0.6 is 0 Å². The van der Waals surface area contributed by atoms with Crippen LogP contribution in [0.5, 0.6) is 0 Å². The first-order valence-electron chi connectivity index (χ1n) is 13.4.